The molecule has 1 aliphatic rings. The molecule has 2 heterocycles. The number of hydrogen-bond donors (Lipinski definition) is 1. The van der Waals surface area contributed by atoms with Crippen LogP contribution >= 0.6 is 0 Å². The van der Waals surface area contributed by atoms with Crippen LogP contribution in [0.25, 0.3) is 10.8 Å². The first-order chi connectivity index (χ1) is 19.6. The molecule has 0 radical (unpaired) electrons. The molecule has 0 saturated carbocycles. The van der Waals surface area contributed by atoms with E-state index in [1.165, 1.54) is 37.3 Å². The van der Waals surface area contributed by atoms with E-state index in [0.717, 1.165) is 23.0 Å². The molecule has 41 heavy (non-hydrogen) atoms. The Hall–Kier alpha value is -4.97. The minimum absolute atomic E-state index is 0.0113. The van der Waals surface area contributed by atoms with Crippen molar-refractivity contribution >= 4 is 34.4 Å². The molecule has 1 aromatic heterocycles. The van der Waals surface area contributed by atoms with Gasteiger partial charge in [0, 0.05) is 13.1 Å². The molecular formula is C29H23F2N3O7. The second-order valence-electron chi connectivity index (χ2n) is 9.24. The highest BCUT2D eigenvalue weighted by atomic mass is 19.3. The van der Waals surface area contributed by atoms with Gasteiger partial charge in [0.2, 0.25) is 12.1 Å². The molecule has 3 atom stereocenters. The summed E-state index contributed by atoms with van der Waals surface area (Å²) in [7, 11) is 0. The van der Waals surface area contributed by atoms with E-state index in [1.54, 1.807) is 30.3 Å². The van der Waals surface area contributed by atoms with Crippen molar-refractivity contribution in [1.29, 1.82) is 0 Å². The van der Waals surface area contributed by atoms with Crippen LogP contribution in [-0.4, -0.2) is 52.1 Å². The summed E-state index contributed by atoms with van der Waals surface area (Å²) >= 11 is 0. The van der Waals surface area contributed by atoms with Crippen LogP contribution < -0.4 is 11.0 Å². The molecule has 1 N–H and O–H groups in total. The highest BCUT2D eigenvalue weighted by Gasteiger charge is 2.63. The van der Waals surface area contributed by atoms with Crippen LogP contribution in [0.15, 0.2) is 89.9 Å². The van der Waals surface area contributed by atoms with Crippen molar-refractivity contribution in [1.82, 2.24) is 9.55 Å². The number of nitrogens with one attached hydrogen (secondary N) is 1. The third kappa shape index (κ3) is 5.82. The zero-order valence-corrected chi connectivity index (χ0v) is 21.5. The average molecular weight is 564 g/mol. The highest BCUT2D eigenvalue weighted by molar-refractivity contribution is 5.95. The molecule has 1 aliphatic heterocycles. The normalized spacial score (nSPS) is 19.4. The van der Waals surface area contributed by atoms with Crippen molar-refractivity contribution in [2.45, 2.75) is 31.3 Å². The van der Waals surface area contributed by atoms with Gasteiger partial charge in [-0.2, -0.15) is 13.8 Å². The summed E-state index contributed by atoms with van der Waals surface area (Å²) in [6.45, 7) is 0.480. The maximum absolute atomic E-state index is 15.8. The van der Waals surface area contributed by atoms with E-state index in [0.29, 0.717) is 4.57 Å². The molecule has 5 rings (SSSR count). The van der Waals surface area contributed by atoms with Crippen LogP contribution in [0.2, 0.25) is 0 Å². The summed E-state index contributed by atoms with van der Waals surface area (Å²) in [5.41, 5.74) is -0.961. The van der Waals surface area contributed by atoms with Crippen molar-refractivity contribution in [2.75, 3.05) is 11.9 Å². The summed E-state index contributed by atoms with van der Waals surface area (Å²) in [4.78, 5) is 53.0. The Balaban J connectivity index is 1.41. The number of anilines is 1. The smallest absolute Gasteiger partial charge is 0.351 e. The molecule has 0 aliphatic carbocycles. The summed E-state index contributed by atoms with van der Waals surface area (Å²) in [6, 6.07) is 20.8. The van der Waals surface area contributed by atoms with Crippen LogP contribution in [0.5, 0.6) is 0 Å². The quantitative estimate of drug-likeness (QED) is 0.335. The molecule has 12 heteroatoms. The lowest BCUT2D eigenvalue weighted by molar-refractivity contribution is -0.142. The summed E-state index contributed by atoms with van der Waals surface area (Å²) in [5.74, 6) is -6.48. The van der Waals surface area contributed by atoms with Gasteiger partial charge in [0.1, 0.15) is 18.5 Å². The minimum Gasteiger partial charge on any atom is -0.459 e. The van der Waals surface area contributed by atoms with E-state index in [4.69, 9.17) is 14.2 Å². The molecule has 1 saturated heterocycles. The fourth-order valence-corrected chi connectivity index (χ4v) is 4.40. The van der Waals surface area contributed by atoms with Crippen LogP contribution in [0.4, 0.5) is 14.6 Å². The Labute approximate surface area is 231 Å². The van der Waals surface area contributed by atoms with Gasteiger partial charge in [0.25, 0.3) is 0 Å². The number of halogens is 2. The van der Waals surface area contributed by atoms with Gasteiger partial charge in [0.05, 0.1) is 11.1 Å². The second-order valence-corrected chi connectivity index (χ2v) is 9.24. The SMILES string of the molecule is CC(=O)Nc1ccn([C@@H]2O[C@H](COC(=O)c3ccc4ccccc4c3)[C@@H](OC(=O)c3ccccc3)C2(F)F)c(=O)n1. The first-order valence-corrected chi connectivity index (χ1v) is 12.5. The average Bonchev–Trinajstić information content (AvgIpc) is 3.20. The first-order valence-electron chi connectivity index (χ1n) is 12.5. The van der Waals surface area contributed by atoms with Crippen LogP contribution in [0.1, 0.15) is 33.9 Å². The van der Waals surface area contributed by atoms with Gasteiger partial charge in [-0.25, -0.2) is 14.4 Å². The van der Waals surface area contributed by atoms with E-state index in [2.05, 4.69) is 10.3 Å². The monoisotopic (exact) mass is 563 g/mol. The van der Waals surface area contributed by atoms with Gasteiger partial charge >= 0.3 is 23.6 Å². The number of amides is 1. The van der Waals surface area contributed by atoms with E-state index in [1.807, 2.05) is 12.1 Å². The highest BCUT2D eigenvalue weighted by Crippen LogP contribution is 2.44. The van der Waals surface area contributed by atoms with Gasteiger partial charge in [-0.05, 0) is 41.1 Å². The molecule has 210 valence electrons. The lowest BCUT2D eigenvalue weighted by Crippen LogP contribution is -2.44. The van der Waals surface area contributed by atoms with Crippen molar-refractivity contribution in [3.63, 3.8) is 0 Å². The topological polar surface area (TPSA) is 126 Å². The van der Waals surface area contributed by atoms with Crippen molar-refractivity contribution in [3.8, 4) is 0 Å². The number of benzene rings is 3. The minimum atomic E-state index is -3.95. The van der Waals surface area contributed by atoms with Crippen LogP contribution in [-0.2, 0) is 19.0 Å². The predicted molar refractivity (Wildman–Crippen MR) is 142 cm³/mol. The first kappa shape index (κ1) is 27.6. The van der Waals surface area contributed by atoms with E-state index >= 15 is 8.78 Å². The third-order valence-electron chi connectivity index (χ3n) is 6.34. The van der Waals surface area contributed by atoms with Crippen molar-refractivity contribution < 1.29 is 37.4 Å². The molecular weight excluding hydrogens is 540 g/mol. The number of hydrogen-bond acceptors (Lipinski definition) is 8. The fraction of sp³-hybridized carbons (Fsp3) is 0.207. The molecule has 0 bridgehead atoms. The van der Waals surface area contributed by atoms with Gasteiger partial charge in [-0.3, -0.25) is 9.36 Å². The van der Waals surface area contributed by atoms with Gasteiger partial charge in [-0.15, -0.1) is 0 Å². The number of alkyl halides is 2. The summed E-state index contributed by atoms with van der Waals surface area (Å²) < 4.78 is 48.1. The Morgan fingerprint density at radius 3 is 2.37 bits per heavy atom. The van der Waals surface area contributed by atoms with Gasteiger partial charge in [0.15, 0.2) is 6.10 Å². The number of carbonyl (C=O) groups excluding carboxylic acids is 3. The maximum Gasteiger partial charge on any atom is 0.351 e. The number of rotatable bonds is 7. The zero-order chi connectivity index (χ0) is 29.1. The molecule has 4 aromatic rings. The Bertz CT molecular complexity index is 1680. The van der Waals surface area contributed by atoms with Crippen LogP contribution in [0.3, 0.4) is 0 Å². The fourth-order valence-electron chi connectivity index (χ4n) is 4.40. The summed E-state index contributed by atoms with van der Waals surface area (Å²) in [6.07, 6.45) is -5.16. The lowest BCUT2D eigenvalue weighted by atomic mass is 10.1. The number of aromatic nitrogens is 2. The standard InChI is InChI=1S/C29H23F2N3O7/c1-17(35)32-23-13-14-34(28(38)33-23)27-29(30,31)24(41-26(37)19-8-3-2-4-9-19)22(40-27)16-39-25(36)21-12-11-18-7-5-6-10-20(18)15-21/h2-15,22,24,27H,16H2,1H3,(H,32,33,35,38)/t22-,24-,27-/m1/s1. The number of nitrogens with zero attached hydrogens (tertiary/aromatic N) is 2. The van der Waals surface area contributed by atoms with Gasteiger partial charge < -0.3 is 19.5 Å². The van der Waals surface area contributed by atoms with E-state index in [-0.39, 0.29) is 16.9 Å². The number of carbonyl (C=O) groups is 3. The van der Waals surface area contributed by atoms with Gasteiger partial charge in [-0.1, -0.05) is 48.5 Å². The Morgan fingerprint density at radius 2 is 1.66 bits per heavy atom. The molecule has 10 nitrogen and oxygen atoms in total. The van der Waals surface area contributed by atoms with E-state index < -0.39 is 54.5 Å². The molecule has 1 amide bonds. The Kier molecular flexibility index (Phi) is 7.58. The zero-order valence-electron chi connectivity index (χ0n) is 21.5. The predicted octanol–water partition coefficient (Wildman–Crippen LogP) is 3.97. The van der Waals surface area contributed by atoms with Crippen molar-refractivity contribution in [3.05, 3.63) is 107 Å². The molecule has 0 spiro atoms. The number of esters is 2. The molecule has 3 aromatic carbocycles. The Morgan fingerprint density at radius 1 is 0.951 bits per heavy atom. The maximum atomic E-state index is 15.8. The molecule has 0 unspecified atom stereocenters. The molecule has 1 fully saturated rings. The summed E-state index contributed by atoms with van der Waals surface area (Å²) in [5, 5.41) is 3.95. The number of fused-ring (bicyclic) bond motifs is 1. The second kappa shape index (κ2) is 11.3. The largest absolute Gasteiger partial charge is 0.459 e. The van der Waals surface area contributed by atoms with E-state index in [9.17, 15) is 19.2 Å². The third-order valence-corrected chi connectivity index (χ3v) is 6.34. The van der Waals surface area contributed by atoms with Crippen LogP contribution in [0, 0.1) is 0 Å². The lowest BCUT2D eigenvalue weighted by Gasteiger charge is -2.24. The van der Waals surface area contributed by atoms with Crippen molar-refractivity contribution in [2.24, 2.45) is 0 Å². The number of ether oxygens (including phenoxy) is 3.